The van der Waals surface area contributed by atoms with Crippen LogP contribution in [0.3, 0.4) is 0 Å². The van der Waals surface area contributed by atoms with E-state index < -0.39 is 5.72 Å². The first kappa shape index (κ1) is 18.0. The van der Waals surface area contributed by atoms with Crippen molar-refractivity contribution in [1.29, 1.82) is 5.26 Å². The third-order valence-corrected chi connectivity index (χ3v) is 5.92. The molecule has 2 spiro atoms. The number of nitrogens with zero attached hydrogens (tertiary/aromatic N) is 3. The largest absolute Gasteiger partial charge is 0.486 e. The van der Waals surface area contributed by atoms with Crippen molar-refractivity contribution in [3.8, 4) is 22.9 Å². The van der Waals surface area contributed by atoms with E-state index in [-0.39, 0.29) is 5.60 Å². The zero-order valence-electron chi connectivity index (χ0n) is 16.2. The Kier molecular flexibility index (Phi) is 4.02. The van der Waals surface area contributed by atoms with Crippen molar-refractivity contribution in [2.75, 3.05) is 20.3 Å². The number of nitriles is 1. The van der Waals surface area contributed by atoms with Gasteiger partial charge in [0, 0.05) is 26.3 Å². The van der Waals surface area contributed by atoms with Crippen molar-refractivity contribution in [2.24, 2.45) is 10.7 Å². The minimum absolute atomic E-state index is 0.344. The van der Waals surface area contributed by atoms with E-state index in [1.165, 1.54) is 5.06 Å². The Morgan fingerprint density at radius 2 is 1.93 bits per heavy atom. The molecule has 29 heavy (non-hydrogen) atoms. The van der Waals surface area contributed by atoms with Crippen LogP contribution < -0.4 is 10.5 Å². The van der Waals surface area contributed by atoms with E-state index in [4.69, 9.17) is 25.0 Å². The van der Waals surface area contributed by atoms with Gasteiger partial charge in [0.2, 0.25) is 11.7 Å². The van der Waals surface area contributed by atoms with Gasteiger partial charge in [0.05, 0.1) is 30.4 Å². The topological polar surface area (TPSA) is 93.1 Å². The molecule has 3 heterocycles. The molecule has 3 aliphatic heterocycles. The monoisotopic (exact) mass is 390 g/mol. The summed E-state index contributed by atoms with van der Waals surface area (Å²) in [5.41, 5.74) is 8.18. The van der Waals surface area contributed by atoms with E-state index in [0.717, 1.165) is 35.3 Å². The average molecular weight is 390 g/mol. The molecule has 0 saturated carbocycles. The lowest BCUT2D eigenvalue weighted by molar-refractivity contribution is -0.212. The Hall–Kier alpha value is -3.08. The van der Waals surface area contributed by atoms with Crippen LogP contribution in [0.1, 0.15) is 30.4 Å². The number of hydrogen-bond donors (Lipinski definition) is 1. The molecule has 1 fully saturated rings. The number of ether oxygens (including phenoxy) is 2. The quantitative estimate of drug-likeness (QED) is 0.805. The van der Waals surface area contributed by atoms with Gasteiger partial charge in [-0.3, -0.25) is 0 Å². The first-order valence-corrected chi connectivity index (χ1v) is 9.73. The number of hydroxylamine groups is 2. The van der Waals surface area contributed by atoms with Crippen molar-refractivity contribution >= 4 is 5.96 Å². The molecule has 2 aromatic rings. The van der Waals surface area contributed by atoms with Crippen LogP contribution in [-0.4, -0.2) is 36.9 Å². The van der Waals surface area contributed by atoms with Crippen molar-refractivity contribution < 1.29 is 14.3 Å². The second-order valence-electron chi connectivity index (χ2n) is 7.82. The summed E-state index contributed by atoms with van der Waals surface area (Å²) >= 11 is 0. The molecule has 0 amide bonds. The molecule has 148 valence electrons. The Morgan fingerprint density at radius 3 is 2.66 bits per heavy atom. The standard InChI is InChI=1S/C22H22N4O3/c1-26-20(24)25-22(29-26)14-21(7-9-27-10-8-21)28-19-6-5-17(12-18(19)22)16-4-2-3-15(11-16)13-23/h2-6,11-12H,7-10,14H2,1H3,(H2,24,25). The van der Waals surface area contributed by atoms with E-state index in [1.54, 1.807) is 13.1 Å². The second-order valence-corrected chi connectivity index (χ2v) is 7.82. The number of hydrogen-bond acceptors (Lipinski definition) is 7. The smallest absolute Gasteiger partial charge is 0.222 e. The van der Waals surface area contributed by atoms with Crippen LogP contribution >= 0.6 is 0 Å². The van der Waals surface area contributed by atoms with Crippen LogP contribution in [0, 0.1) is 11.3 Å². The van der Waals surface area contributed by atoms with Gasteiger partial charge >= 0.3 is 0 Å². The second kappa shape index (κ2) is 6.48. The maximum absolute atomic E-state index is 9.23. The van der Waals surface area contributed by atoms with Crippen molar-refractivity contribution in [2.45, 2.75) is 30.6 Å². The molecule has 1 atom stereocenters. The first-order chi connectivity index (χ1) is 14.0. The summed E-state index contributed by atoms with van der Waals surface area (Å²) < 4.78 is 12.1. The van der Waals surface area contributed by atoms with E-state index >= 15 is 0 Å². The Balaban J connectivity index is 1.64. The van der Waals surface area contributed by atoms with Crippen LogP contribution in [0.15, 0.2) is 47.5 Å². The maximum atomic E-state index is 9.23. The van der Waals surface area contributed by atoms with Gasteiger partial charge in [0.25, 0.3) is 0 Å². The van der Waals surface area contributed by atoms with E-state index in [9.17, 15) is 5.26 Å². The van der Waals surface area contributed by atoms with Crippen molar-refractivity contribution in [1.82, 2.24) is 5.06 Å². The zero-order chi connectivity index (χ0) is 20.1. The number of guanidine groups is 1. The molecule has 1 saturated heterocycles. The predicted molar refractivity (Wildman–Crippen MR) is 107 cm³/mol. The van der Waals surface area contributed by atoms with Gasteiger partial charge in [-0.15, -0.1) is 0 Å². The summed E-state index contributed by atoms with van der Waals surface area (Å²) in [5.74, 6) is 1.10. The molecule has 3 aliphatic rings. The number of rotatable bonds is 1. The Morgan fingerprint density at radius 1 is 1.14 bits per heavy atom. The SMILES string of the molecule is CN1OC2(CC3(CCOCC3)Oc3ccc(-c4cccc(C#N)c4)cc32)N=C1N. The molecule has 0 radical (unpaired) electrons. The summed E-state index contributed by atoms with van der Waals surface area (Å²) in [6, 6.07) is 15.7. The highest BCUT2D eigenvalue weighted by atomic mass is 16.7. The highest BCUT2D eigenvalue weighted by Crippen LogP contribution is 2.52. The fourth-order valence-corrected chi connectivity index (χ4v) is 4.43. The lowest BCUT2D eigenvalue weighted by atomic mass is 9.79. The molecule has 1 unspecified atom stereocenters. The summed E-state index contributed by atoms with van der Waals surface area (Å²) in [4.78, 5) is 11.0. The molecule has 7 heteroatoms. The lowest BCUT2D eigenvalue weighted by Gasteiger charge is -2.46. The van der Waals surface area contributed by atoms with E-state index in [2.05, 4.69) is 6.07 Å². The maximum Gasteiger partial charge on any atom is 0.222 e. The first-order valence-electron chi connectivity index (χ1n) is 9.73. The van der Waals surface area contributed by atoms with Crippen LogP contribution in [0.25, 0.3) is 11.1 Å². The zero-order valence-corrected chi connectivity index (χ0v) is 16.2. The van der Waals surface area contributed by atoms with Gasteiger partial charge in [-0.2, -0.15) is 5.26 Å². The average Bonchev–Trinajstić information content (AvgIpc) is 3.01. The summed E-state index contributed by atoms with van der Waals surface area (Å²) in [5, 5.41) is 10.7. The molecule has 2 N–H and O–H groups in total. The third kappa shape index (κ3) is 2.92. The van der Waals surface area contributed by atoms with Gasteiger partial charge in [0.15, 0.2) is 0 Å². The predicted octanol–water partition coefficient (Wildman–Crippen LogP) is 2.90. The summed E-state index contributed by atoms with van der Waals surface area (Å²) in [7, 11) is 1.76. The van der Waals surface area contributed by atoms with Gasteiger partial charge in [-0.05, 0) is 35.4 Å². The molecular formula is C22H22N4O3. The van der Waals surface area contributed by atoms with Gasteiger partial charge < -0.3 is 15.2 Å². The minimum Gasteiger partial charge on any atom is -0.486 e. The molecule has 0 bridgehead atoms. The molecule has 2 aromatic carbocycles. The summed E-state index contributed by atoms with van der Waals surface area (Å²) in [6.07, 6.45) is 2.13. The fourth-order valence-electron chi connectivity index (χ4n) is 4.43. The van der Waals surface area contributed by atoms with Gasteiger partial charge in [-0.25, -0.2) is 14.9 Å². The molecule has 7 nitrogen and oxygen atoms in total. The van der Waals surface area contributed by atoms with Crippen LogP contribution in [0.2, 0.25) is 0 Å². The Bertz CT molecular complexity index is 1040. The fraction of sp³-hybridized carbons (Fsp3) is 0.364. The number of benzene rings is 2. The van der Waals surface area contributed by atoms with Crippen LogP contribution in [-0.2, 0) is 15.3 Å². The lowest BCUT2D eigenvalue weighted by Crippen LogP contribution is -2.51. The highest BCUT2D eigenvalue weighted by molar-refractivity contribution is 5.79. The Labute approximate surface area is 169 Å². The summed E-state index contributed by atoms with van der Waals surface area (Å²) in [6.45, 7) is 1.30. The van der Waals surface area contributed by atoms with Crippen LogP contribution in [0.5, 0.6) is 5.75 Å². The van der Waals surface area contributed by atoms with E-state index in [1.807, 2.05) is 36.4 Å². The molecule has 5 rings (SSSR count). The van der Waals surface area contributed by atoms with Gasteiger partial charge in [0.1, 0.15) is 11.4 Å². The minimum atomic E-state index is -0.924. The third-order valence-electron chi connectivity index (χ3n) is 5.92. The van der Waals surface area contributed by atoms with Crippen molar-refractivity contribution in [3.05, 3.63) is 53.6 Å². The van der Waals surface area contributed by atoms with E-state index in [0.29, 0.717) is 31.2 Å². The number of aliphatic imine (C=N–C) groups is 1. The number of fused-ring (bicyclic) bond motifs is 2. The number of nitrogens with two attached hydrogens (primary N) is 1. The molecule has 0 aromatic heterocycles. The highest BCUT2D eigenvalue weighted by Gasteiger charge is 2.54. The van der Waals surface area contributed by atoms with Crippen molar-refractivity contribution in [3.63, 3.8) is 0 Å². The van der Waals surface area contributed by atoms with Crippen LogP contribution in [0.4, 0.5) is 0 Å². The molecular weight excluding hydrogens is 368 g/mol. The molecule has 0 aliphatic carbocycles. The van der Waals surface area contributed by atoms with Gasteiger partial charge in [-0.1, -0.05) is 18.2 Å². The normalized spacial score (nSPS) is 24.7.